The number of benzene rings is 1. The zero-order valence-electron chi connectivity index (χ0n) is 15.0. The van der Waals surface area contributed by atoms with Crippen LogP contribution in [0.3, 0.4) is 0 Å². The number of sulfonamides is 1. The summed E-state index contributed by atoms with van der Waals surface area (Å²) in [4.78, 5) is 23.4. The molecule has 0 bridgehead atoms. The molecule has 1 aromatic heterocycles. The van der Waals surface area contributed by atoms with Gasteiger partial charge in [0.25, 0.3) is 0 Å². The number of nitrogens with one attached hydrogen (secondary N) is 1. The van der Waals surface area contributed by atoms with Crippen LogP contribution in [-0.4, -0.2) is 27.2 Å². The van der Waals surface area contributed by atoms with Gasteiger partial charge in [-0.05, 0) is 61.1 Å². The number of fused-ring (bicyclic) bond motifs is 1. The Morgan fingerprint density at radius 1 is 1.32 bits per heavy atom. The monoisotopic (exact) mass is 441 g/mol. The molecule has 2 aromatic rings. The second kappa shape index (κ2) is 9.17. The summed E-state index contributed by atoms with van der Waals surface area (Å²) >= 11 is 7.22. The summed E-state index contributed by atoms with van der Waals surface area (Å²) in [7, 11) is -3.63. The van der Waals surface area contributed by atoms with E-state index >= 15 is 0 Å². The highest BCUT2D eigenvalue weighted by atomic mass is 35.5. The predicted molar refractivity (Wildman–Crippen MR) is 108 cm³/mol. The van der Waals surface area contributed by atoms with E-state index in [0.717, 1.165) is 29.7 Å². The Bertz CT molecular complexity index is 953. The minimum Gasteiger partial charge on any atom is -0.415 e. The van der Waals surface area contributed by atoms with Gasteiger partial charge in [0.2, 0.25) is 10.0 Å². The molecule has 1 heterocycles. The quantitative estimate of drug-likeness (QED) is 0.498. The third-order valence-electron chi connectivity index (χ3n) is 4.54. The van der Waals surface area contributed by atoms with Gasteiger partial charge in [-0.25, -0.2) is 13.1 Å². The fraction of sp³-hybridized carbons (Fsp3) is 0.368. The lowest BCUT2D eigenvalue weighted by atomic mass is 9.88. The van der Waals surface area contributed by atoms with Crippen LogP contribution < -0.4 is 9.46 Å². The number of carbonyl (C=O) groups excluding carboxylic acids is 2. The molecule has 1 unspecified atom stereocenters. The maximum atomic E-state index is 12.5. The summed E-state index contributed by atoms with van der Waals surface area (Å²) in [5.41, 5.74) is 1.02. The summed E-state index contributed by atoms with van der Waals surface area (Å²) < 4.78 is 33.0. The summed E-state index contributed by atoms with van der Waals surface area (Å²) in [6, 6.07) is 7.84. The van der Waals surface area contributed by atoms with E-state index in [-0.39, 0.29) is 30.2 Å². The molecule has 0 aliphatic heterocycles. The first-order chi connectivity index (χ1) is 13.4. The molecule has 28 heavy (non-hydrogen) atoms. The lowest BCUT2D eigenvalue weighted by Gasteiger charge is -2.22. The fourth-order valence-electron chi connectivity index (χ4n) is 3.13. The standard InChI is InChI=1S/C19H20ClNO5S2/c20-14-6-8-15(9-7-14)28(24,25)21-12-13-3-1-4-17-16(13)11-19(27-17)26-18(23)5-2-10-22/h6-11,13,21H,1-5,12H2. The first-order valence-corrected chi connectivity index (χ1v) is 11.6. The Morgan fingerprint density at radius 2 is 2.07 bits per heavy atom. The first kappa shape index (κ1) is 21.0. The van der Waals surface area contributed by atoms with Crippen molar-refractivity contribution < 1.29 is 22.7 Å². The van der Waals surface area contributed by atoms with Crippen LogP contribution in [0.1, 0.15) is 42.0 Å². The zero-order chi connectivity index (χ0) is 20.1. The third-order valence-corrected chi connectivity index (χ3v) is 7.32. The zero-order valence-corrected chi connectivity index (χ0v) is 17.4. The number of aryl methyl sites for hydroxylation is 1. The number of rotatable bonds is 8. The number of thiophene rings is 1. The van der Waals surface area contributed by atoms with E-state index in [0.29, 0.717) is 16.4 Å². The van der Waals surface area contributed by atoms with Gasteiger partial charge in [-0.2, -0.15) is 0 Å². The molecule has 1 aliphatic rings. The van der Waals surface area contributed by atoms with E-state index in [1.807, 2.05) is 6.07 Å². The molecule has 0 saturated carbocycles. The van der Waals surface area contributed by atoms with Crippen molar-refractivity contribution in [3.05, 3.63) is 45.8 Å². The molecule has 0 spiro atoms. The Hall–Kier alpha value is -1.74. The number of hydrogen-bond donors (Lipinski definition) is 1. The second-order valence-corrected chi connectivity index (χ2v) is 9.82. The van der Waals surface area contributed by atoms with Gasteiger partial charge in [0.1, 0.15) is 6.29 Å². The maximum Gasteiger partial charge on any atom is 0.312 e. The summed E-state index contributed by atoms with van der Waals surface area (Å²) in [6.45, 7) is 0.271. The molecule has 1 aromatic carbocycles. The van der Waals surface area contributed by atoms with Crippen molar-refractivity contribution in [1.29, 1.82) is 0 Å². The number of ether oxygens (including phenoxy) is 1. The van der Waals surface area contributed by atoms with Crippen molar-refractivity contribution >= 4 is 45.2 Å². The largest absolute Gasteiger partial charge is 0.415 e. The minimum absolute atomic E-state index is 0.0181. The van der Waals surface area contributed by atoms with Crippen LogP contribution in [0.2, 0.25) is 5.02 Å². The van der Waals surface area contributed by atoms with Crippen LogP contribution in [-0.2, 0) is 26.0 Å². The van der Waals surface area contributed by atoms with E-state index in [1.165, 1.54) is 23.5 Å². The normalized spacial score (nSPS) is 16.4. The highest BCUT2D eigenvalue weighted by Crippen LogP contribution is 2.40. The molecule has 0 radical (unpaired) electrons. The molecular weight excluding hydrogens is 422 g/mol. The molecule has 1 atom stereocenters. The molecule has 6 nitrogen and oxygen atoms in total. The maximum absolute atomic E-state index is 12.5. The highest BCUT2D eigenvalue weighted by Gasteiger charge is 2.26. The molecule has 1 N–H and O–H groups in total. The van der Waals surface area contributed by atoms with Gasteiger partial charge in [0.15, 0.2) is 5.06 Å². The lowest BCUT2D eigenvalue weighted by molar-refractivity contribution is -0.135. The fourth-order valence-corrected chi connectivity index (χ4v) is 5.49. The van der Waals surface area contributed by atoms with E-state index in [1.54, 1.807) is 12.1 Å². The number of halogens is 1. The predicted octanol–water partition coefficient (Wildman–Crippen LogP) is 3.68. The topological polar surface area (TPSA) is 89.5 Å². The Labute approximate surface area is 172 Å². The lowest BCUT2D eigenvalue weighted by Crippen LogP contribution is -2.29. The van der Waals surface area contributed by atoms with Gasteiger partial charge >= 0.3 is 5.97 Å². The molecule has 9 heteroatoms. The number of esters is 1. The van der Waals surface area contributed by atoms with Crippen molar-refractivity contribution in [1.82, 2.24) is 4.72 Å². The van der Waals surface area contributed by atoms with Gasteiger partial charge in [0, 0.05) is 22.9 Å². The van der Waals surface area contributed by atoms with E-state index in [4.69, 9.17) is 16.3 Å². The van der Waals surface area contributed by atoms with Crippen LogP contribution in [0.4, 0.5) is 0 Å². The van der Waals surface area contributed by atoms with Crippen molar-refractivity contribution in [3.8, 4) is 5.06 Å². The van der Waals surface area contributed by atoms with Crippen LogP contribution >= 0.6 is 22.9 Å². The van der Waals surface area contributed by atoms with Crippen LogP contribution in [0.15, 0.2) is 35.2 Å². The van der Waals surface area contributed by atoms with Crippen molar-refractivity contribution in [2.24, 2.45) is 0 Å². The minimum atomic E-state index is -3.63. The SMILES string of the molecule is O=CCCC(=O)Oc1cc2c(s1)CCCC2CNS(=O)(=O)c1ccc(Cl)cc1. The molecule has 3 rings (SSSR count). The first-order valence-electron chi connectivity index (χ1n) is 8.91. The molecular formula is C19H20ClNO5S2. The second-order valence-electron chi connectivity index (χ2n) is 6.52. The molecule has 0 amide bonds. The van der Waals surface area contributed by atoms with Gasteiger partial charge in [-0.15, -0.1) is 11.3 Å². The number of hydrogen-bond acceptors (Lipinski definition) is 6. The Kier molecular flexibility index (Phi) is 6.87. The van der Waals surface area contributed by atoms with Crippen molar-refractivity contribution in [3.63, 3.8) is 0 Å². The Balaban J connectivity index is 1.67. The summed E-state index contributed by atoms with van der Waals surface area (Å²) in [6.07, 6.45) is 3.55. The van der Waals surface area contributed by atoms with Crippen molar-refractivity contribution in [2.75, 3.05) is 6.54 Å². The van der Waals surface area contributed by atoms with Crippen LogP contribution in [0.5, 0.6) is 5.06 Å². The van der Waals surface area contributed by atoms with Gasteiger partial charge in [-0.3, -0.25) is 4.79 Å². The van der Waals surface area contributed by atoms with Crippen LogP contribution in [0, 0.1) is 0 Å². The van der Waals surface area contributed by atoms with Gasteiger partial charge in [-0.1, -0.05) is 11.6 Å². The molecule has 0 saturated heterocycles. The van der Waals surface area contributed by atoms with Gasteiger partial charge < -0.3 is 9.53 Å². The van der Waals surface area contributed by atoms with E-state index < -0.39 is 16.0 Å². The smallest absolute Gasteiger partial charge is 0.312 e. The molecule has 150 valence electrons. The number of aldehydes is 1. The summed E-state index contributed by atoms with van der Waals surface area (Å²) in [5, 5.41) is 0.970. The average Bonchev–Trinajstić information content (AvgIpc) is 3.08. The average molecular weight is 442 g/mol. The summed E-state index contributed by atoms with van der Waals surface area (Å²) in [5.74, 6) is -0.421. The highest BCUT2D eigenvalue weighted by molar-refractivity contribution is 7.89. The van der Waals surface area contributed by atoms with Crippen LogP contribution in [0.25, 0.3) is 0 Å². The van der Waals surface area contributed by atoms with E-state index in [2.05, 4.69) is 4.72 Å². The van der Waals surface area contributed by atoms with Gasteiger partial charge in [0.05, 0.1) is 11.3 Å². The third kappa shape index (κ3) is 5.20. The van der Waals surface area contributed by atoms with E-state index in [9.17, 15) is 18.0 Å². The van der Waals surface area contributed by atoms with Crippen molar-refractivity contribution in [2.45, 2.75) is 42.9 Å². The molecule has 1 aliphatic carbocycles. The Morgan fingerprint density at radius 3 is 2.79 bits per heavy atom. The molecule has 0 fully saturated rings. The number of carbonyl (C=O) groups is 2.